The highest BCUT2D eigenvalue weighted by Gasteiger charge is 2.34. The summed E-state index contributed by atoms with van der Waals surface area (Å²) in [6.07, 6.45) is -6.15. The van der Waals surface area contributed by atoms with E-state index in [0.29, 0.717) is 6.07 Å². The number of halogens is 4. The van der Waals surface area contributed by atoms with Crippen molar-refractivity contribution < 1.29 is 27.4 Å². The Morgan fingerprint density at radius 3 is 2.44 bits per heavy atom. The minimum atomic E-state index is -4.60. The van der Waals surface area contributed by atoms with Crippen molar-refractivity contribution in [3.63, 3.8) is 0 Å². The summed E-state index contributed by atoms with van der Waals surface area (Å²) in [5, 5.41) is 9.10. The Balaban J connectivity index is 3.22. The molecule has 1 aromatic carbocycles. The summed E-state index contributed by atoms with van der Waals surface area (Å²) >= 11 is 0. The van der Waals surface area contributed by atoms with E-state index < -0.39 is 24.5 Å². The van der Waals surface area contributed by atoms with Crippen LogP contribution in [0.3, 0.4) is 0 Å². The highest BCUT2D eigenvalue weighted by Crippen LogP contribution is 2.37. The van der Waals surface area contributed by atoms with Gasteiger partial charge in [0, 0.05) is 0 Å². The van der Waals surface area contributed by atoms with E-state index in [1.54, 1.807) is 0 Å². The number of benzene rings is 1. The van der Waals surface area contributed by atoms with Crippen molar-refractivity contribution in [3.8, 4) is 5.75 Å². The van der Waals surface area contributed by atoms with Gasteiger partial charge in [0.05, 0.1) is 12.7 Å². The topological polar surface area (TPSA) is 29.5 Å². The predicted molar refractivity (Wildman–Crippen MR) is 48.9 cm³/mol. The van der Waals surface area contributed by atoms with Crippen molar-refractivity contribution in [2.24, 2.45) is 0 Å². The molecule has 0 bridgehead atoms. The van der Waals surface area contributed by atoms with Crippen LogP contribution in [0.1, 0.15) is 17.2 Å². The zero-order valence-corrected chi connectivity index (χ0v) is 8.38. The maximum atomic E-state index is 12.5. The summed E-state index contributed by atoms with van der Waals surface area (Å²) in [7, 11) is 1.11. The summed E-state index contributed by atoms with van der Waals surface area (Å²) in [5.41, 5.74) is -1.16. The second-order valence-corrected chi connectivity index (χ2v) is 3.13. The number of aliphatic hydroxyl groups excluding tert-OH is 1. The van der Waals surface area contributed by atoms with Crippen LogP contribution in [0.2, 0.25) is 0 Å². The Labute approximate surface area is 89.5 Å². The molecule has 1 atom stereocenters. The number of rotatable bonds is 3. The van der Waals surface area contributed by atoms with Gasteiger partial charge in [-0.2, -0.15) is 13.2 Å². The molecule has 0 amide bonds. The third-order valence-corrected chi connectivity index (χ3v) is 2.06. The molecule has 6 heteroatoms. The Morgan fingerprint density at radius 1 is 1.38 bits per heavy atom. The molecular weight excluding hydrogens is 228 g/mol. The van der Waals surface area contributed by atoms with Gasteiger partial charge in [0.25, 0.3) is 0 Å². The maximum absolute atomic E-state index is 12.5. The molecule has 0 saturated carbocycles. The lowest BCUT2D eigenvalue weighted by Gasteiger charge is -2.14. The quantitative estimate of drug-likeness (QED) is 0.820. The second-order valence-electron chi connectivity index (χ2n) is 3.13. The third kappa shape index (κ3) is 2.63. The summed E-state index contributed by atoms with van der Waals surface area (Å²) < 4.78 is 54.2. The molecule has 0 spiro atoms. The van der Waals surface area contributed by atoms with Crippen LogP contribution in [-0.2, 0) is 6.18 Å². The molecule has 1 aromatic rings. The fraction of sp³-hybridized carbons (Fsp3) is 0.400. The number of aliphatic hydroxyl groups is 1. The molecule has 0 heterocycles. The minimum absolute atomic E-state index is 0.129. The Hall–Kier alpha value is -1.30. The van der Waals surface area contributed by atoms with E-state index in [4.69, 9.17) is 5.11 Å². The van der Waals surface area contributed by atoms with Gasteiger partial charge in [-0.1, -0.05) is 6.07 Å². The number of hydrogen-bond donors (Lipinski definition) is 1. The van der Waals surface area contributed by atoms with Crippen LogP contribution in [0.25, 0.3) is 0 Å². The average Bonchev–Trinajstić information content (AvgIpc) is 2.26. The molecular formula is C10H10F4O2. The van der Waals surface area contributed by atoms with E-state index in [2.05, 4.69) is 4.74 Å². The van der Waals surface area contributed by atoms with Gasteiger partial charge >= 0.3 is 6.18 Å². The summed E-state index contributed by atoms with van der Waals surface area (Å²) in [5.74, 6) is -0.359. The van der Waals surface area contributed by atoms with Gasteiger partial charge in [-0.3, -0.25) is 0 Å². The summed E-state index contributed by atoms with van der Waals surface area (Å²) in [4.78, 5) is 0. The monoisotopic (exact) mass is 238 g/mol. The van der Waals surface area contributed by atoms with Gasteiger partial charge in [-0.05, 0) is 17.7 Å². The highest BCUT2D eigenvalue weighted by atomic mass is 19.4. The van der Waals surface area contributed by atoms with Crippen LogP contribution in [0.5, 0.6) is 5.75 Å². The molecule has 1 N–H and O–H groups in total. The molecule has 16 heavy (non-hydrogen) atoms. The second kappa shape index (κ2) is 4.69. The summed E-state index contributed by atoms with van der Waals surface area (Å²) in [6.45, 7) is -1.14. The standard InChI is InChI=1S/C10H10F4O2/c1-16-9-3-2-6(8(15)5-11)4-7(9)10(12,13)14/h2-4,8,15H,5H2,1H3. The van der Waals surface area contributed by atoms with Crippen LogP contribution in [0, 0.1) is 0 Å². The lowest BCUT2D eigenvalue weighted by Crippen LogP contribution is -2.09. The van der Waals surface area contributed by atoms with E-state index in [1.165, 1.54) is 6.07 Å². The molecule has 0 saturated heterocycles. The van der Waals surface area contributed by atoms with Crippen molar-refractivity contribution in [1.82, 2.24) is 0 Å². The van der Waals surface area contributed by atoms with Crippen LogP contribution in [0.15, 0.2) is 18.2 Å². The van der Waals surface area contributed by atoms with Crippen LogP contribution >= 0.6 is 0 Å². The molecule has 1 unspecified atom stereocenters. The first-order valence-electron chi connectivity index (χ1n) is 4.39. The lowest BCUT2D eigenvalue weighted by atomic mass is 10.1. The molecule has 0 aliphatic rings. The molecule has 0 fully saturated rings. The number of alkyl halides is 4. The smallest absolute Gasteiger partial charge is 0.419 e. The van der Waals surface area contributed by atoms with Crippen molar-refractivity contribution in [1.29, 1.82) is 0 Å². The largest absolute Gasteiger partial charge is 0.496 e. The predicted octanol–water partition coefficient (Wildman–Crippen LogP) is 2.72. The molecule has 90 valence electrons. The average molecular weight is 238 g/mol. The Morgan fingerprint density at radius 2 is 2.00 bits per heavy atom. The maximum Gasteiger partial charge on any atom is 0.419 e. The van der Waals surface area contributed by atoms with Gasteiger partial charge in [-0.25, -0.2) is 4.39 Å². The minimum Gasteiger partial charge on any atom is -0.496 e. The first kappa shape index (κ1) is 12.8. The van der Waals surface area contributed by atoms with Gasteiger partial charge in [0.1, 0.15) is 18.5 Å². The van der Waals surface area contributed by atoms with Crippen molar-refractivity contribution in [3.05, 3.63) is 29.3 Å². The van der Waals surface area contributed by atoms with Gasteiger partial charge < -0.3 is 9.84 Å². The van der Waals surface area contributed by atoms with E-state index >= 15 is 0 Å². The summed E-state index contributed by atoms with van der Waals surface area (Å²) in [6, 6.07) is 2.93. The van der Waals surface area contributed by atoms with Crippen LogP contribution < -0.4 is 4.74 Å². The van der Waals surface area contributed by atoms with Crippen LogP contribution in [0.4, 0.5) is 17.6 Å². The van der Waals surface area contributed by atoms with Crippen molar-refractivity contribution >= 4 is 0 Å². The zero-order chi connectivity index (χ0) is 12.3. The fourth-order valence-electron chi connectivity index (χ4n) is 1.24. The molecule has 0 radical (unpaired) electrons. The van der Waals surface area contributed by atoms with Gasteiger partial charge in [-0.15, -0.1) is 0 Å². The van der Waals surface area contributed by atoms with Crippen molar-refractivity contribution in [2.45, 2.75) is 12.3 Å². The first-order chi connectivity index (χ1) is 7.40. The normalized spacial score (nSPS) is 13.6. The van der Waals surface area contributed by atoms with Crippen LogP contribution in [-0.4, -0.2) is 18.9 Å². The molecule has 2 nitrogen and oxygen atoms in total. The zero-order valence-electron chi connectivity index (χ0n) is 8.38. The molecule has 1 rings (SSSR count). The molecule has 0 aliphatic carbocycles. The van der Waals surface area contributed by atoms with E-state index in [0.717, 1.165) is 13.2 Å². The van der Waals surface area contributed by atoms with E-state index in [9.17, 15) is 17.6 Å². The highest BCUT2D eigenvalue weighted by molar-refractivity contribution is 5.40. The number of methoxy groups -OCH3 is 1. The Bertz CT molecular complexity index is 362. The molecule has 0 aliphatic heterocycles. The molecule has 0 aromatic heterocycles. The number of ether oxygens (including phenoxy) is 1. The van der Waals surface area contributed by atoms with E-state index in [1.807, 2.05) is 0 Å². The third-order valence-electron chi connectivity index (χ3n) is 2.06. The lowest BCUT2D eigenvalue weighted by molar-refractivity contribution is -0.138. The van der Waals surface area contributed by atoms with E-state index in [-0.39, 0.29) is 11.3 Å². The Kier molecular flexibility index (Phi) is 3.74. The first-order valence-corrected chi connectivity index (χ1v) is 4.39. The van der Waals surface area contributed by atoms with Gasteiger partial charge in [0.2, 0.25) is 0 Å². The fourth-order valence-corrected chi connectivity index (χ4v) is 1.24. The van der Waals surface area contributed by atoms with Gasteiger partial charge in [0.15, 0.2) is 0 Å². The SMILES string of the molecule is COc1ccc(C(O)CF)cc1C(F)(F)F. The van der Waals surface area contributed by atoms with Crippen molar-refractivity contribution in [2.75, 3.05) is 13.8 Å². The number of hydrogen-bond acceptors (Lipinski definition) is 2.